The van der Waals surface area contributed by atoms with E-state index >= 15 is 0 Å². The second kappa shape index (κ2) is 12.6. The van der Waals surface area contributed by atoms with Gasteiger partial charge >= 0.3 is 0 Å². The van der Waals surface area contributed by atoms with E-state index in [9.17, 15) is 0 Å². The van der Waals surface area contributed by atoms with Crippen LogP contribution in [0.2, 0.25) is 0 Å². The van der Waals surface area contributed by atoms with Crippen molar-refractivity contribution in [1.82, 2.24) is 0 Å². The molecule has 7 aromatic rings. The third-order valence-electron chi connectivity index (χ3n) is 14.2. The lowest BCUT2D eigenvalue weighted by Crippen LogP contribution is -2.48. The van der Waals surface area contributed by atoms with Crippen molar-refractivity contribution in [3.05, 3.63) is 215 Å². The number of hydrogen-bond donors (Lipinski definition) is 0. The van der Waals surface area contributed by atoms with Gasteiger partial charge in [-0.15, -0.1) is 0 Å². The summed E-state index contributed by atoms with van der Waals surface area (Å²) < 4.78 is 0. The largest absolute Gasteiger partial charge is 0.310 e. The highest BCUT2D eigenvalue weighted by atomic mass is 15.1. The van der Waals surface area contributed by atoms with Crippen molar-refractivity contribution in [1.29, 1.82) is 0 Å². The fraction of sp³-hybridized carbons (Fsp3) is 0.200. The molecule has 4 aliphatic rings. The number of anilines is 3. The number of para-hydroxylation sites is 2. The minimum Gasteiger partial charge on any atom is -0.310 e. The standard InChI is InChI=1S/C55H47N/c1-3-39-23-25-40(26-24-39)53-31-14-32-54(37-53,36-38(2)35-53)41-27-29-47-48-30-28-44(56(42-15-6-4-7-16-42)43-17-8-5-9-18-43)34-52(48)55(51(47)33-41)49-21-12-10-19-45(49)46-20-11-13-22-50(46)55/h3-13,15-30,33-34,38H,1,14,31-32,35-37H2,2H3. The zero-order valence-electron chi connectivity index (χ0n) is 32.2. The normalized spacial score (nSPS) is 22.1. The van der Waals surface area contributed by atoms with Crippen molar-refractivity contribution in [2.24, 2.45) is 5.92 Å². The van der Waals surface area contributed by atoms with Gasteiger partial charge in [0.15, 0.2) is 0 Å². The van der Waals surface area contributed by atoms with Crippen LogP contribution < -0.4 is 4.90 Å². The van der Waals surface area contributed by atoms with Crippen LogP contribution in [-0.4, -0.2) is 0 Å². The Hall–Kier alpha value is -5.92. The van der Waals surface area contributed by atoms with Crippen molar-refractivity contribution in [2.75, 3.05) is 4.90 Å². The lowest BCUT2D eigenvalue weighted by atomic mass is 9.49. The highest BCUT2D eigenvalue weighted by Gasteiger charge is 2.55. The number of rotatable bonds is 6. The first-order chi connectivity index (χ1) is 27.5. The molecule has 7 aromatic carbocycles. The summed E-state index contributed by atoms with van der Waals surface area (Å²) >= 11 is 0. The summed E-state index contributed by atoms with van der Waals surface area (Å²) in [6, 6.07) is 64.6. The molecule has 1 heteroatoms. The predicted octanol–water partition coefficient (Wildman–Crippen LogP) is 14.3. The molecule has 1 spiro atoms. The molecule has 11 rings (SSSR count). The molecule has 0 radical (unpaired) electrons. The lowest BCUT2D eigenvalue weighted by molar-refractivity contribution is 0.0787. The molecule has 2 fully saturated rings. The van der Waals surface area contributed by atoms with Gasteiger partial charge in [0.2, 0.25) is 0 Å². The van der Waals surface area contributed by atoms with Gasteiger partial charge < -0.3 is 4.90 Å². The Morgan fingerprint density at radius 2 is 1.00 bits per heavy atom. The molecule has 272 valence electrons. The van der Waals surface area contributed by atoms with Crippen LogP contribution in [0, 0.1) is 5.92 Å². The van der Waals surface area contributed by atoms with Gasteiger partial charge in [-0.25, -0.2) is 0 Å². The first-order valence-corrected chi connectivity index (χ1v) is 20.7. The average molecular weight is 722 g/mol. The summed E-state index contributed by atoms with van der Waals surface area (Å²) in [6.07, 6.45) is 9.50. The van der Waals surface area contributed by atoms with Crippen LogP contribution in [-0.2, 0) is 16.2 Å². The van der Waals surface area contributed by atoms with Crippen molar-refractivity contribution in [3.63, 3.8) is 0 Å². The fourth-order valence-electron chi connectivity index (χ4n) is 12.2. The van der Waals surface area contributed by atoms with Gasteiger partial charge in [0.25, 0.3) is 0 Å². The maximum Gasteiger partial charge on any atom is 0.0726 e. The zero-order valence-corrected chi connectivity index (χ0v) is 32.2. The Balaban J connectivity index is 1.13. The minimum atomic E-state index is -0.424. The first-order valence-electron chi connectivity index (χ1n) is 20.7. The number of nitrogens with zero attached hydrogens (tertiary/aromatic N) is 1. The second-order valence-electron chi connectivity index (χ2n) is 17.3. The first kappa shape index (κ1) is 33.4. The Morgan fingerprint density at radius 3 is 1.61 bits per heavy atom. The van der Waals surface area contributed by atoms with Crippen LogP contribution in [0.15, 0.2) is 176 Å². The number of hydrogen-bond acceptors (Lipinski definition) is 1. The predicted molar refractivity (Wildman–Crippen MR) is 234 cm³/mol. The van der Waals surface area contributed by atoms with Crippen LogP contribution in [0.5, 0.6) is 0 Å². The maximum atomic E-state index is 4.04. The van der Waals surface area contributed by atoms with E-state index in [-0.39, 0.29) is 10.8 Å². The number of fused-ring (bicyclic) bond motifs is 12. The monoisotopic (exact) mass is 721 g/mol. The zero-order chi connectivity index (χ0) is 37.5. The molecule has 0 N–H and O–H groups in total. The molecular formula is C55H47N. The van der Waals surface area contributed by atoms with E-state index in [1.807, 2.05) is 6.08 Å². The van der Waals surface area contributed by atoms with E-state index in [1.165, 1.54) is 99.8 Å². The van der Waals surface area contributed by atoms with Crippen LogP contribution in [0.1, 0.15) is 84.4 Å². The van der Waals surface area contributed by atoms with Gasteiger partial charge in [-0.05, 0) is 146 Å². The van der Waals surface area contributed by atoms with Gasteiger partial charge in [0, 0.05) is 17.1 Å². The lowest BCUT2D eigenvalue weighted by Gasteiger charge is -2.55. The third kappa shape index (κ3) is 4.73. The SMILES string of the molecule is C=Cc1ccc(C23CCCC(c4ccc5c(c4)C4(c6ccccc6-c6ccccc64)c4cc(N(c6ccccc6)c6ccccc6)ccc4-5)(CC(C)C2)C3)cc1. The number of benzene rings is 7. The third-order valence-corrected chi connectivity index (χ3v) is 14.2. The van der Waals surface area contributed by atoms with E-state index in [1.54, 1.807) is 5.56 Å². The summed E-state index contributed by atoms with van der Waals surface area (Å²) in [5.41, 5.74) is 18.7. The molecule has 56 heavy (non-hydrogen) atoms. The summed E-state index contributed by atoms with van der Waals surface area (Å²) in [4.78, 5) is 2.42. The van der Waals surface area contributed by atoms with Crippen LogP contribution in [0.3, 0.4) is 0 Å². The van der Waals surface area contributed by atoms with E-state index in [0.717, 1.165) is 11.4 Å². The molecule has 2 bridgehead atoms. The molecule has 1 nitrogen and oxygen atoms in total. The summed E-state index contributed by atoms with van der Waals surface area (Å²) in [5, 5.41) is 0. The van der Waals surface area contributed by atoms with Gasteiger partial charge in [-0.1, -0.05) is 159 Å². The Bertz CT molecular complexity index is 2550. The smallest absolute Gasteiger partial charge is 0.0726 e. The average Bonchev–Trinajstić information content (AvgIpc) is 3.71. The Kier molecular flexibility index (Phi) is 7.49. The van der Waals surface area contributed by atoms with E-state index < -0.39 is 5.41 Å². The second-order valence-corrected chi connectivity index (χ2v) is 17.3. The molecule has 2 saturated carbocycles. The van der Waals surface area contributed by atoms with Crippen molar-refractivity contribution in [2.45, 2.75) is 61.7 Å². The summed E-state index contributed by atoms with van der Waals surface area (Å²) in [7, 11) is 0. The highest BCUT2D eigenvalue weighted by Crippen LogP contribution is 2.65. The molecule has 4 aliphatic carbocycles. The summed E-state index contributed by atoms with van der Waals surface area (Å²) in [6.45, 7) is 6.56. The quantitative estimate of drug-likeness (QED) is 0.165. The van der Waals surface area contributed by atoms with Crippen LogP contribution >= 0.6 is 0 Å². The Morgan fingerprint density at radius 1 is 0.500 bits per heavy atom. The van der Waals surface area contributed by atoms with Gasteiger partial charge in [0.1, 0.15) is 0 Å². The highest BCUT2D eigenvalue weighted by molar-refractivity contribution is 5.96. The molecular weight excluding hydrogens is 675 g/mol. The van der Waals surface area contributed by atoms with Crippen molar-refractivity contribution < 1.29 is 0 Å². The van der Waals surface area contributed by atoms with E-state index in [2.05, 4.69) is 188 Å². The van der Waals surface area contributed by atoms with Gasteiger partial charge in [0.05, 0.1) is 5.41 Å². The molecule has 0 heterocycles. The molecule has 0 amide bonds. The van der Waals surface area contributed by atoms with E-state index in [4.69, 9.17) is 0 Å². The Labute approximate surface area is 332 Å². The van der Waals surface area contributed by atoms with Crippen molar-refractivity contribution >= 4 is 23.1 Å². The molecule has 3 unspecified atom stereocenters. The molecule has 0 aliphatic heterocycles. The van der Waals surface area contributed by atoms with Gasteiger partial charge in [-0.2, -0.15) is 0 Å². The fourth-order valence-corrected chi connectivity index (χ4v) is 12.2. The molecule has 3 atom stereocenters. The maximum absolute atomic E-state index is 4.04. The van der Waals surface area contributed by atoms with Crippen LogP contribution in [0.4, 0.5) is 17.1 Å². The molecule has 0 saturated heterocycles. The van der Waals surface area contributed by atoms with Gasteiger partial charge in [-0.3, -0.25) is 0 Å². The minimum absolute atomic E-state index is 0.137. The summed E-state index contributed by atoms with van der Waals surface area (Å²) in [5.74, 6) is 0.653. The topological polar surface area (TPSA) is 3.24 Å². The molecule has 0 aromatic heterocycles. The van der Waals surface area contributed by atoms with Crippen LogP contribution in [0.25, 0.3) is 28.3 Å². The van der Waals surface area contributed by atoms with Crippen molar-refractivity contribution in [3.8, 4) is 22.3 Å². The van der Waals surface area contributed by atoms with E-state index in [0.29, 0.717) is 5.92 Å².